The second-order valence-corrected chi connectivity index (χ2v) is 8.61. The molecule has 1 aromatic heterocycles. The molecule has 2 saturated heterocycles. The summed E-state index contributed by atoms with van der Waals surface area (Å²) in [5.41, 5.74) is 0.413. The Morgan fingerprint density at radius 1 is 1.22 bits per heavy atom. The molecule has 188 valence electrons. The van der Waals surface area contributed by atoms with Crippen LogP contribution in [0.2, 0.25) is 0 Å². The summed E-state index contributed by atoms with van der Waals surface area (Å²) in [6.45, 7) is 3.50. The molecule has 0 aliphatic carbocycles. The van der Waals surface area contributed by atoms with Gasteiger partial charge in [0.05, 0.1) is 29.6 Å². The van der Waals surface area contributed by atoms with Crippen LogP contribution >= 0.6 is 11.8 Å². The van der Waals surface area contributed by atoms with Crippen molar-refractivity contribution in [1.29, 1.82) is 0 Å². The summed E-state index contributed by atoms with van der Waals surface area (Å²) >= 11 is 0.761. The van der Waals surface area contributed by atoms with Crippen LogP contribution in [0, 0.1) is 10.1 Å². The lowest BCUT2D eigenvalue weighted by Gasteiger charge is -2.28. The first-order chi connectivity index (χ1) is 17.4. The summed E-state index contributed by atoms with van der Waals surface area (Å²) in [4.78, 5) is 54.6. The second-order valence-electron chi connectivity index (χ2n) is 7.61. The molecule has 4 rings (SSSR count). The minimum Gasteiger partial charge on any atom is -0.490 e. The van der Waals surface area contributed by atoms with E-state index in [1.54, 1.807) is 36.1 Å². The zero-order valence-electron chi connectivity index (χ0n) is 19.2. The van der Waals surface area contributed by atoms with E-state index in [-0.39, 0.29) is 28.9 Å². The van der Waals surface area contributed by atoms with Crippen LogP contribution in [0.25, 0.3) is 6.08 Å². The molecular weight excluding hydrogens is 492 g/mol. The molecule has 0 bridgehead atoms. The van der Waals surface area contributed by atoms with Gasteiger partial charge in [0.1, 0.15) is 12.7 Å². The average Bonchev–Trinajstić information content (AvgIpc) is 3.13. The largest absolute Gasteiger partial charge is 0.490 e. The van der Waals surface area contributed by atoms with Gasteiger partial charge in [0, 0.05) is 25.2 Å². The summed E-state index contributed by atoms with van der Waals surface area (Å²) < 4.78 is 16.6. The van der Waals surface area contributed by atoms with Crippen molar-refractivity contribution < 1.29 is 33.5 Å². The maximum Gasteiger partial charge on any atom is 0.294 e. The van der Waals surface area contributed by atoms with Crippen molar-refractivity contribution in [2.45, 2.75) is 6.92 Å². The van der Waals surface area contributed by atoms with Crippen LogP contribution in [0.4, 0.5) is 10.5 Å². The molecule has 2 aliphatic heterocycles. The van der Waals surface area contributed by atoms with Gasteiger partial charge in [-0.05, 0) is 42.5 Å². The van der Waals surface area contributed by atoms with Gasteiger partial charge in [0.15, 0.2) is 11.5 Å². The van der Waals surface area contributed by atoms with E-state index in [1.807, 2.05) is 0 Å². The Hall–Kier alpha value is -3.97. The van der Waals surface area contributed by atoms with Crippen LogP contribution in [-0.2, 0) is 14.3 Å². The Balaban J connectivity index is 1.49. The molecule has 2 aromatic rings. The van der Waals surface area contributed by atoms with E-state index in [4.69, 9.17) is 14.2 Å². The molecule has 2 fully saturated rings. The highest BCUT2D eigenvalue weighted by atomic mass is 32.2. The van der Waals surface area contributed by atoms with Gasteiger partial charge in [-0.1, -0.05) is 6.07 Å². The maximum absolute atomic E-state index is 12.8. The van der Waals surface area contributed by atoms with E-state index < -0.39 is 16.1 Å². The van der Waals surface area contributed by atoms with Gasteiger partial charge in [-0.15, -0.1) is 0 Å². The molecule has 2 aliphatic rings. The number of ether oxygens (including phenoxy) is 3. The zero-order chi connectivity index (χ0) is 25.7. The van der Waals surface area contributed by atoms with Crippen molar-refractivity contribution in [1.82, 2.24) is 14.8 Å². The zero-order valence-corrected chi connectivity index (χ0v) is 20.1. The van der Waals surface area contributed by atoms with Crippen molar-refractivity contribution in [3.05, 3.63) is 57.1 Å². The number of morpholine rings is 1. The number of benzene rings is 1. The minimum atomic E-state index is -0.558. The van der Waals surface area contributed by atoms with Gasteiger partial charge in [0.25, 0.3) is 16.8 Å². The molecule has 13 heteroatoms. The number of hydrogen-bond acceptors (Lipinski definition) is 10. The third kappa shape index (κ3) is 5.80. The Morgan fingerprint density at radius 3 is 2.67 bits per heavy atom. The SMILES string of the molecule is CCOc1cc(/C=C2\SC(=O)N(CC(=O)N3CCOCC3)C2=O)ccc1Oc1ccc([N+](=O)[O-])cn1. The van der Waals surface area contributed by atoms with Crippen LogP contribution in [0.15, 0.2) is 41.4 Å². The van der Waals surface area contributed by atoms with Gasteiger partial charge in [-0.25, -0.2) is 4.98 Å². The topological polar surface area (TPSA) is 141 Å². The number of nitro groups is 1. The molecule has 12 nitrogen and oxygen atoms in total. The Kier molecular flexibility index (Phi) is 7.80. The third-order valence-corrected chi connectivity index (χ3v) is 6.15. The van der Waals surface area contributed by atoms with E-state index >= 15 is 0 Å². The molecule has 0 atom stereocenters. The number of nitrogens with zero attached hydrogens (tertiary/aromatic N) is 4. The quantitative estimate of drug-likeness (QED) is 0.293. The fourth-order valence-corrected chi connectivity index (χ4v) is 4.29. The Bertz CT molecular complexity index is 1210. The van der Waals surface area contributed by atoms with Crippen LogP contribution < -0.4 is 9.47 Å². The summed E-state index contributed by atoms with van der Waals surface area (Å²) in [7, 11) is 0. The lowest BCUT2D eigenvalue weighted by Crippen LogP contribution is -2.46. The van der Waals surface area contributed by atoms with Gasteiger partial charge < -0.3 is 19.1 Å². The minimum absolute atomic E-state index is 0.139. The summed E-state index contributed by atoms with van der Waals surface area (Å²) in [6.07, 6.45) is 2.63. The van der Waals surface area contributed by atoms with E-state index in [2.05, 4.69) is 4.98 Å². The van der Waals surface area contributed by atoms with Crippen molar-refractivity contribution in [2.24, 2.45) is 0 Å². The molecule has 0 N–H and O–H groups in total. The monoisotopic (exact) mass is 514 g/mol. The third-order valence-electron chi connectivity index (χ3n) is 5.24. The number of pyridine rings is 1. The average molecular weight is 515 g/mol. The number of amides is 3. The normalized spacial score (nSPS) is 17.0. The number of hydrogen-bond donors (Lipinski definition) is 0. The highest BCUT2D eigenvalue weighted by Crippen LogP contribution is 2.36. The van der Waals surface area contributed by atoms with Crippen LogP contribution in [0.5, 0.6) is 17.4 Å². The lowest BCUT2D eigenvalue weighted by atomic mass is 10.2. The number of imide groups is 1. The fraction of sp³-hybridized carbons (Fsp3) is 0.304. The summed E-state index contributed by atoms with van der Waals surface area (Å²) in [5.74, 6) is -0.0325. The van der Waals surface area contributed by atoms with Crippen molar-refractivity contribution >= 4 is 40.6 Å². The molecule has 0 radical (unpaired) electrons. The van der Waals surface area contributed by atoms with E-state index in [0.717, 1.165) is 22.9 Å². The highest BCUT2D eigenvalue weighted by Gasteiger charge is 2.37. The molecule has 3 heterocycles. The molecule has 0 spiro atoms. The Morgan fingerprint density at radius 2 is 2.00 bits per heavy atom. The van der Waals surface area contributed by atoms with Crippen molar-refractivity contribution in [3.8, 4) is 17.4 Å². The first kappa shape index (κ1) is 25.1. The number of rotatable bonds is 8. The first-order valence-corrected chi connectivity index (χ1v) is 11.8. The highest BCUT2D eigenvalue weighted by molar-refractivity contribution is 8.18. The van der Waals surface area contributed by atoms with E-state index in [0.29, 0.717) is 50.0 Å². The van der Waals surface area contributed by atoms with Gasteiger partial charge in [-0.2, -0.15) is 0 Å². The second kappa shape index (κ2) is 11.2. The molecule has 36 heavy (non-hydrogen) atoms. The van der Waals surface area contributed by atoms with Crippen LogP contribution in [0.3, 0.4) is 0 Å². The van der Waals surface area contributed by atoms with Gasteiger partial charge in [-0.3, -0.25) is 29.4 Å². The number of aromatic nitrogens is 1. The molecule has 0 saturated carbocycles. The van der Waals surface area contributed by atoms with Crippen LogP contribution in [0.1, 0.15) is 12.5 Å². The first-order valence-electron chi connectivity index (χ1n) is 11.0. The van der Waals surface area contributed by atoms with Gasteiger partial charge >= 0.3 is 0 Å². The lowest BCUT2D eigenvalue weighted by molar-refractivity contribution is -0.385. The predicted octanol–water partition coefficient (Wildman–Crippen LogP) is 3.08. The number of carbonyl (C=O) groups excluding carboxylic acids is 3. The predicted molar refractivity (Wildman–Crippen MR) is 129 cm³/mol. The van der Waals surface area contributed by atoms with Gasteiger partial charge in [0.2, 0.25) is 11.8 Å². The maximum atomic E-state index is 12.8. The molecular formula is C23H22N4O8S. The van der Waals surface area contributed by atoms with Crippen molar-refractivity contribution in [3.63, 3.8) is 0 Å². The Labute approximate surface area is 210 Å². The standard InChI is InChI=1S/C23H22N4O8S/c1-2-34-18-11-15(3-5-17(18)35-20-6-4-16(13-24-20)27(31)32)12-19-22(29)26(23(30)36-19)14-21(28)25-7-9-33-10-8-25/h3-6,11-13H,2,7-10,14H2,1H3/b19-12-. The summed E-state index contributed by atoms with van der Waals surface area (Å²) in [5, 5.41) is 10.3. The van der Waals surface area contributed by atoms with E-state index in [9.17, 15) is 24.5 Å². The van der Waals surface area contributed by atoms with E-state index in [1.165, 1.54) is 12.1 Å². The number of carbonyl (C=O) groups is 3. The molecule has 0 unspecified atom stereocenters. The fourth-order valence-electron chi connectivity index (χ4n) is 3.46. The van der Waals surface area contributed by atoms with Crippen LogP contribution in [-0.4, -0.2) is 76.2 Å². The molecule has 3 amide bonds. The molecule has 1 aromatic carbocycles. The number of thioether (sulfide) groups is 1. The summed E-state index contributed by atoms with van der Waals surface area (Å²) in [6, 6.07) is 7.55. The van der Waals surface area contributed by atoms with Crippen molar-refractivity contribution in [2.75, 3.05) is 39.5 Å². The smallest absolute Gasteiger partial charge is 0.294 e.